The van der Waals surface area contributed by atoms with Crippen molar-refractivity contribution in [1.82, 2.24) is 5.32 Å². The fourth-order valence-corrected chi connectivity index (χ4v) is 3.53. The molecule has 1 unspecified atom stereocenters. The molecule has 4 rings (SSSR count). The van der Waals surface area contributed by atoms with Crippen LogP contribution in [-0.4, -0.2) is 0 Å². The smallest absolute Gasteiger partial charge is 0.0707 e. The summed E-state index contributed by atoms with van der Waals surface area (Å²) < 4.78 is 1.09. The summed E-state index contributed by atoms with van der Waals surface area (Å²) in [5.74, 6) is 0. The highest BCUT2D eigenvalue weighted by molar-refractivity contribution is 9.10. The van der Waals surface area contributed by atoms with Crippen LogP contribution in [0.15, 0.2) is 102 Å². The Bertz CT molecular complexity index is 927. The quantitative estimate of drug-likeness (QED) is 0.562. The van der Waals surface area contributed by atoms with E-state index in [0.717, 1.165) is 10.2 Å². The standard InChI is InChI=1S/C23H18BrN/c24-21-13-7-12-19(14-21)23-16-20(17-8-3-1-4-9-17)15-22(25-23)18-10-5-2-6-11-18/h1-16,23,25H. The van der Waals surface area contributed by atoms with Crippen molar-refractivity contribution < 1.29 is 0 Å². The second kappa shape index (κ2) is 7.12. The predicted octanol–water partition coefficient (Wildman–Crippen LogP) is 6.22. The molecular weight excluding hydrogens is 370 g/mol. The molecule has 1 N–H and O–H groups in total. The minimum atomic E-state index is 0.132. The number of allylic oxidation sites excluding steroid dienone is 2. The molecule has 0 saturated heterocycles. The number of dihydropyridines is 1. The fraction of sp³-hybridized carbons (Fsp3) is 0.0435. The summed E-state index contributed by atoms with van der Waals surface area (Å²) in [4.78, 5) is 0. The van der Waals surface area contributed by atoms with Gasteiger partial charge in [0.25, 0.3) is 0 Å². The van der Waals surface area contributed by atoms with E-state index in [-0.39, 0.29) is 6.04 Å². The maximum Gasteiger partial charge on any atom is 0.0707 e. The van der Waals surface area contributed by atoms with Crippen LogP contribution < -0.4 is 5.32 Å². The molecule has 3 aromatic carbocycles. The van der Waals surface area contributed by atoms with Crippen LogP contribution in [-0.2, 0) is 0 Å². The lowest BCUT2D eigenvalue weighted by atomic mass is 9.93. The Morgan fingerprint density at radius 2 is 1.40 bits per heavy atom. The topological polar surface area (TPSA) is 12.0 Å². The van der Waals surface area contributed by atoms with Crippen molar-refractivity contribution in [3.8, 4) is 0 Å². The Kier molecular flexibility index (Phi) is 4.53. The van der Waals surface area contributed by atoms with E-state index >= 15 is 0 Å². The summed E-state index contributed by atoms with van der Waals surface area (Å²) in [6.45, 7) is 0. The normalized spacial score (nSPS) is 16.6. The van der Waals surface area contributed by atoms with Crippen molar-refractivity contribution >= 4 is 27.2 Å². The van der Waals surface area contributed by atoms with Gasteiger partial charge in [0.15, 0.2) is 0 Å². The van der Waals surface area contributed by atoms with Crippen molar-refractivity contribution in [1.29, 1.82) is 0 Å². The lowest BCUT2D eigenvalue weighted by Gasteiger charge is -2.26. The highest BCUT2D eigenvalue weighted by Crippen LogP contribution is 2.32. The predicted molar refractivity (Wildman–Crippen MR) is 109 cm³/mol. The monoisotopic (exact) mass is 387 g/mol. The Morgan fingerprint density at radius 1 is 0.720 bits per heavy atom. The first kappa shape index (κ1) is 15.9. The largest absolute Gasteiger partial charge is 0.374 e. The third-order valence-electron chi connectivity index (χ3n) is 4.36. The minimum Gasteiger partial charge on any atom is -0.374 e. The highest BCUT2D eigenvalue weighted by atomic mass is 79.9. The zero-order valence-electron chi connectivity index (χ0n) is 13.7. The molecule has 0 aliphatic carbocycles. The van der Waals surface area contributed by atoms with Crippen LogP contribution in [0.2, 0.25) is 0 Å². The van der Waals surface area contributed by atoms with Crippen molar-refractivity contribution in [2.45, 2.75) is 6.04 Å². The van der Waals surface area contributed by atoms with E-state index in [1.165, 1.54) is 22.3 Å². The average Bonchev–Trinajstić information content (AvgIpc) is 2.69. The first-order valence-corrected chi connectivity index (χ1v) is 9.15. The molecule has 1 atom stereocenters. The van der Waals surface area contributed by atoms with Crippen molar-refractivity contribution in [3.05, 3.63) is 118 Å². The molecule has 0 bridgehead atoms. The summed E-state index contributed by atoms with van der Waals surface area (Å²) >= 11 is 3.59. The van der Waals surface area contributed by atoms with Crippen LogP contribution in [0.25, 0.3) is 11.3 Å². The zero-order chi connectivity index (χ0) is 17.1. The van der Waals surface area contributed by atoms with Gasteiger partial charge in [-0.25, -0.2) is 0 Å². The van der Waals surface area contributed by atoms with Crippen LogP contribution in [0.5, 0.6) is 0 Å². The molecule has 1 aliphatic heterocycles. The molecule has 1 heterocycles. The van der Waals surface area contributed by atoms with E-state index in [1.54, 1.807) is 0 Å². The van der Waals surface area contributed by atoms with E-state index in [1.807, 2.05) is 6.07 Å². The lowest BCUT2D eigenvalue weighted by Crippen LogP contribution is -2.21. The number of rotatable bonds is 3. The number of benzene rings is 3. The summed E-state index contributed by atoms with van der Waals surface area (Å²) in [5.41, 5.74) is 6.06. The Labute approximate surface area is 156 Å². The van der Waals surface area contributed by atoms with Gasteiger partial charge in [0.05, 0.1) is 6.04 Å². The van der Waals surface area contributed by atoms with E-state index < -0.39 is 0 Å². The average molecular weight is 388 g/mol. The number of hydrogen-bond acceptors (Lipinski definition) is 1. The molecule has 2 heteroatoms. The first-order chi connectivity index (χ1) is 12.3. The highest BCUT2D eigenvalue weighted by Gasteiger charge is 2.18. The van der Waals surface area contributed by atoms with Crippen molar-refractivity contribution in [2.24, 2.45) is 0 Å². The molecule has 0 fully saturated rings. The van der Waals surface area contributed by atoms with Gasteiger partial charge < -0.3 is 5.32 Å². The van der Waals surface area contributed by atoms with E-state index in [4.69, 9.17) is 0 Å². The van der Waals surface area contributed by atoms with Crippen LogP contribution >= 0.6 is 15.9 Å². The van der Waals surface area contributed by atoms with E-state index in [2.05, 4.69) is 112 Å². The summed E-state index contributed by atoms with van der Waals surface area (Å²) in [6.07, 6.45) is 4.53. The van der Waals surface area contributed by atoms with Gasteiger partial charge in [-0.15, -0.1) is 0 Å². The molecule has 1 aliphatic rings. The van der Waals surface area contributed by atoms with Crippen molar-refractivity contribution in [3.63, 3.8) is 0 Å². The SMILES string of the molecule is Brc1cccc(C2C=C(c3ccccc3)C=C(c3ccccc3)N2)c1. The molecule has 0 radical (unpaired) electrons. The van der Waals surface area contributed by atoms with Crippen LogP contribution in [0, 0.1) is 0 Å². The van der Waals surface area contributed by atoms with Gasteiger partial charge in [-0.3, -0.25) is 0 Å². The maximum absolute atomic E-state index is 3.68. The number of hydrogen-bond donors (Lipinski definition) is 1. The molecule has 122 valence electrons. The van der Waals surface area contributed by atoms with Gasteiger partial charge >= 0.3 is 0 Å². The molecule has 0 amide bonds. The van der Waals surface area contributed by atoms with Crippen molar-refractivity contribution in [2.75, 3.05) is 0 Å². The summed E-state index contributed by atoms with van der Waals surface area (Å²) in [6, 6.07) is 29.6. The third-order valence-corrected chi connectivity index (χ3v) is 4.85. The Hall–Kier alpha value is -2.58. The van der Waals surface area contributed by atoms with Gasteiger partial charge in [-0.05, 0) is 46.5 Å². The van der Waals surface area contributed by atoms with Gasteiger partial charge in [-0.2, -0.15) is 0 Å². The van der Waals surface area contributed by atoms with Crippen LogP contribution in [0.1, 0.15) is 22.7 Å². The summed E-state index contributed by atoms with van der Waals surface area (Å²) in [7, 11) is 0. The molecule has 3 aromatic rings. The molecule has 0 aromatic heterocycles. The third kappa shape index (κ3) is 3.59. The molecule has 0 saturated carbocycles. The lowest BCUT2D eigenvalue weighted by molar-refractivity contribution is 0.766. The van der Waals surface area contributed by atoms with Crippen LogP contribution in [0.3, 0.4) is 0 Å². The first-order valence-electron chi connectivity index (χ1n) is 8.36. The summed E-state index contributed by atoms with van der Waals surface area (Å²) in [5, 5.41) is 3.68. The molecule has 1 nitrogen and oxygen atoms in total. The van der Waals surface area contributed by atoms with Gasteiger partial charge in [0, 0.05) is 10.2 Å². The number of halogens is 1. The van der Waals surface area contributed by atoms with Gasteiger partial charge in [0.1, 0.15) is 0 Å². The zero-order valence-corrected chi connectivity index (χ0v) is 15.3. The number of nitrogens with one attached hydrogen (secondary N) is 1. The second-order valence-corrected chi connectivity index (χ2v) is 7.00. The Balaban J connectivity index is 1.79. The molecule has 0 spiro atoms. The van der Waals surface area contributed by atoms with Gasteiger partial charge in [0.2, 0.25) is 0 Å². The maximum atomic E-state index is 3.68. The molecular formula is C23H18BrN. The minimum absolute atomic E-state index is 0.132. The van der Waals surface area contributed by atoms with Gasteiger partial charge in [-0.1, -0.05) is 88.7 Å². The van der Waals surface area contributed by atoms with E-state index in [0.29, 0.717) is 0 Å². The fourth-order valence-electron chi connectivity index (χ4n) is 3.11. The van der Waals surface area contributed by atoms with Crippen LogP contribution in [0.4, 0.5) is 0 Å². The Morgan fingerprint density at radius 3 is 2.08 bits per heavy atom. The van der Waals surface area contributed by atoms with E-state index in [9.17, 15) is 0 Å². The second-order valence-electron chi connectivity index (χ2n) is 6.09. The molecule has 25 heavy (non-hydrogen) atoms.